The van der Waals surface area contributed by atoms with Crippen LogP contribution in [0.1, 0.15) is 5.56 Å². The molecular formula is C13H14N2OS. The number of thioether (sulfide) groups is 1. The van der Waals surface area contributed by atoms with Gasteiger partial charge >= 0.3 is 0 Å². The molecule has 88 valence electrons. The standard InChI is InChI=1S/C13H14N2OS/c1-17-13-5-3-2-4-12(13)16-11-6-10(7-14)8-15-9-11/h2-6,8-9H,7,14H2,1H3. The van der Waals surface area contributed by atoms with Gasteiger partial charge in [0.05, 0.1) is 6.20 Å². The third-order valence-corrected chi connectivity index (χ3v) is 3.08. The number of rotatable bonds is 4. The van der Waals surface area contributed by atoms with Gasteiger partial charge in [-0.2, -0.15) is 0 Å². The fraction of sp³-hybridized carbons (Fsp3) is 0.154. The number of hydrogen-bond donors (Lipinski definition) is 1. The molecule has 0 aliphatic carbocycles. The number of ether oxygens (including phenoxy) is 1. The molecule has 0 bridgehead atoms. The van der Waals surface area contributed by atoms with Crippen molar-refractivity contribution in [3.8, 4) is 11.5 Å². The second-order valence-corrected chi connectivity index (χ2v) is 4.33. The van der Waals surface area contributed by atoms with Crippen molar-refractivity contribution in [1.82, 2.24) is 4.98 Å². The number of nitrogens with two attached hydrogens (primary N) is 1. The lowest BCUT2D eigenvalue weighted by molar-refractivity contribution is 0.468. The van der Waals surface area contributed by atoms with Gasteiger partial charge in [-0.05, 0) is 30.0 Å². The normalized spacial score (nSPS) is 10.2. The number of nitrogens with zero attached hydrogens (tertiary/aromatic N) is 1. The Labute approximate surface area is 105 Å². The van der Waals surface area contributed by atoms with E-state index >= 15 is 0 Å². The van der Waals surface area contributed by atoms with E-state index in [1.807, 2.05) is 36.6 Å². The van der Waals surface area contributed by atoms with Gasteiger partial charge in [-0.3, -0.25) is 4.98 Å². The van der Waals surface area contributed by atoms with Gasteiger partial charge in [0.1, 0.15) is 11.5 Å². The van der Waals surface area contributed by atoms with Gasteiger partial charge in [0.15, 0.2) is 0 Å². The molecule has 0 radical (unpaired) electrons. The molecule has 0 spiro atoms. The predicted octanol–water partition coefficient (Wildman–Crippen LogP) is 3.05. The highest BCUT2D eigenvalue weighted by molar-refractivity contribution is 7.98. The summed E-state index contributed by atoms with van der Waals surface area (Å²) in [5.41, 5.74) is 6.53. The molecule has 2 N–H and O–H groups in total. The first kappa shape index (κ1) is 12.0. The van der Waals surface area contributed by atoms with Gasteiger partial charge in [0.25, 0.3) is 0 Å². The summed E-state index contributed by atoms with van der Waals surface area (Å²) in [6.45, 7) is 0.467. The van der Waals surface area contributed by atoms with Crippen LogP contribution in [0, 0.1) is 0 Å². The van der Waals surface area contributed by atoms with Crippen LogP contribution in [0.5, 0.6) is 11.5 Å². The minimum atomic E-state index is 0.467. The van der Waals surface area contributed by atoms with Crippen molar-refractivity contribution >= 4 is 11.8 Å². The minimum absolute atomic E-state index is 0.467. The summed E-state index contributed by atoms with van der Waals surface area (Å²) in [4.78, 5) is 5.20. The lowest BCUT2D eigenvalue weighted by Crippen LogP contribution is -1.97. The van der Waals surface area contributed by atoms with Crippen molar-refractivity contribution in [3.05, 3.63) is 48.3 Å². The fourth-order valence-electron chi connectivity index (χ4n) is 1.46. The van der Waals surface area contributed by atoms with E-state index in [1.165, 1.54) is 0 Å². The average Bonchev–Trinajstić information content (AvgIpc) is 2.39. The molecule has 0 fully saturated rings. The van der Waals surface area contributed by atoms with Crippen LogP contribution < -0.4 is 10.5 Å². The van der Waals surface area contributed by atoms with Crippen LogP contribution in [-0.4, -0.2) is 11.2 Å². The Bertz CT molecular complexity index is 502. The van der Waals surface area contributed by atoms with Gasteiger partial charge < -0.3 is 10.5 Å². The van der Waals surface area contributed by atoms with Crippen LogP contribution in [0.4, 0.5) is 0 Å². The number of benzene rings is 1. The van der Waals surface area contributed by atoms with Crippen molar-refractivity contribution < 1.29 is 4.74 Å². The van der Waals surface area contributed by atoms with E-state index in [0.29, 0.717) is 6.54 Å². The zero-order valence-electron chi connectivity index (χ0n) is 9.59. The topological polar surface area (TPSA) is 48.1 Å². The molecule has 4 heteroatoms. The van der Waals surface area contributed by atoms with Crippen LogP contribution >= 0.6 is 11.8 Å². The second-order valence-electron chi connectivity index (χ2n) is 3.49. The highest BCUT2D eigenvalue weighted by Crippen LogP contribution is 2.30. The summed E-state index contributed by atoms with van der Waals surface area (Å²) in [5.74, 6) is 1.56. The predicted molar refractivity (Wildman–Crippen MR) is 70.4 cm³/mol. The molecule has 0 aliphatic rings. The summed E-state index contributed by atoms with van der Waals surface area (Å²) in [7, 11) is 0. The summed E-state index contributed by atoms with van der Waals surface area (Å²) in [5, 5.41) is 0. The lowest BCUT2D eigenvalue weighted by atomic mass is 10.3. The van der Waals surface area contributed by atoms with Crippen molar-refractivity contribution in [1.29, 1.82) is 0 Å². The highest BCUT2D eigenvalue weighted by Gasteiger charge is 2.03. The fourth-order valence-corrected chi connectivity index (χ4v) is 1.99. The van der Waals surface area contributed by atoms with Crippen molar-refractivity contribution in [2.24, 2.45) is 5.73 Å². The molecular weight excluding hydrogens is 232 g/mol. The number of aromatic nitrogens is 1. The molecule has 0 atom stereocenters. The van der Waals surface area contributed by atoms with Gasteiger partial charge in [0.2, 0.25) is 0 Å². The van der Waals surface area contributed by atoms with Crippen LogP contribution in [0.25, 0.3) is 0 Å². The highest BCUT2D eigenvalue weighted by atomic mass is 32.2. The zero-order valence-corrected chi connectivity index (χ0v) is 10.4. The summed E-state index contributed by atoms with van der Waals surface area (Å²) in [6.07, 6.45) is 5.46. The van der Waals surface area contributed by atoms with Gasteiger partial charge in [-0.1, -0.05) is 12.1 Å². The van der Waals surface area contributed by atoms with Crippen LogP contribution in [0.15, 0.2) is 47.6 Å². The third kappa shape index (κ3) is 2.99. The largest absolute Gasteiger partial charge is 0.455 e. The maximum atomic E-state index is 5.80. The Balaban J connectivity index is 2.24. The molecule has 1 heterocycles. The van der Waals surface area contributed by atoms with Crippen molar-refractivity contribution in [2.45, 2.75) is 11.4 Å². The van der Waals surface area contributed by atoms with Gasteiger partial charge in [-0.15, -0.1) is 11.8 Å². The number of hydrogen-bond acceptors (Lipinski definition) is 4. The first-order valence-electron chi connectivity index (χ1n) is 5.28. The van der Waals surface area contributed by atoms with Gasteiger partial charge in [0, 0.05) is 17.6 Å². The SMILES string of the molecule is CSc1ccccc1Oc1cncc(CN)c1. The summed E-state index contributed by atoms with van der Waals surface area (Å²) in [6, 6.07) is 9.83. The minimum Gasteiger partial charge on any atom is -0.455 e. The third-order valence-electron chi connectivity index (χ3n) is 2.30. The molecule has 0 aliphatic heterocycles. The van der Waals surface area contributed by atoms with Crippen molar-refractivity contribution in [3.63, 3.8) is 0 Å². The zero-order chi connectivity index (χ0) is 12.1. The van der Waals surface area contributed by atoms with E-state index in [1.54, 1.807) is 24.2 Å². The number of pyridine rings is 1. The first-order chi connectivity index (χ1) is 8.33. The molecule has 0 saturated carbocycles. The summed E-state index contributed by atoms with van der Waals surface area (Å²) >= 11 is 1.65. The van der Waals surface area contributed by atoms with Gasteiger partial charge in [-0.25, -0.2) is 0 Å². The Kier molecular flexibility index (Phi) is 4.01. The molecule has 2 rings (SSSR count). The Hall–Kier alpha value is -1.52. The Morgan fingerprint density at radius 3 is 2.88 bits per heavy atom. The van der Waals surface area contributed by atoms with Crippen LogP contribution in [0.3, 0.4) is 0 Å². The van der Waals surface area contributed by atoms with Crippen LogP contribution in [0.2, 0.25) is 0 Å². The molecule has 2 aromatic rings. The van der Waals surface area contributed by atoms with E-state index < -0.39 is 0 Å². The smallest absolute Gasteiger partial charge is 0.146 e. The maximum Gasteiger partial charge on any atom is 0.146 e. The molecule has 1 aromatic heterocycles. The lowest BCUT2D eigenvalue weighted by Gasteiger charge is -2.09. The van der Waals surface area contributed by atoms with E-state index in [4.69, 9.17) is 10.5 Å². The molecule has 1 aromatic carbocycles. The molecule has 0 amide bonds. The van der Waals surface area contributed by atoms with E-state index in [-0.39, 0.29) is 0 Å². The molecule has 17 heavy (non-hydrogen) atoms. The molecule has 0 saturated heterocycles. The molecule has 0 unspecified atom stereocenters. The quantitative estimate of drug-likeness (QED) is 0.842. The van der Waals surface area contributed by atoms with E-state index in [0.717, 1.165) is 22.0 Å². The first-order valence-corrected chi connectivity index (χ1v) is 6.51. The van der Waals surface area contributed by atoms with Crippen LogP contribution in [-0.2, 0) is 6.54 Å². The maximum absolute atomic E-state index is 5.80. The average molecular weight is 246 g/mol. The Morgan fingerprint density at radius 1 is 1.29 bits per heavy atom. The van der Waals surface area contributed by atoms with E-state index in [2.05, 4.69) is 4.98 Å². The second kappa shape index (κ2) is 5.70. The van der Waals surface area contributed by atoms with Crippen molar-refractivity contribution in [2.75, 3.05) is 6.26 Å². The summed E-state index contributed by atoms with van der Waals surface area (Å²) < 4.78 is 5.80. The van der Waals surface area contributed by atoms with E-state index in [9.17, 15) is 0 Å². The molecule has 3 nitrogen and oxygen atoms in total. The Morgan fingerprint density at radius 2 is 2.12 bits per heavy atom. The number of para-hydroxylation sites is 1. The monoisotopic (exact) mass is 246 g/mol.